The van der Waals surface area contributed by atoms with E-state index in [1.165, 1.54) is 24.8 Å². The maximum atomic E-state index is 5.94. The molecular weight excluding hydrogens is 344 g/mol. The topological polar surface area (TPSA) is 29.3 Å². The summed E-state index contributed by atoms with van der Waals surface area (Å²) >= 11 is 7.05. The first-order chi connectivity index (χ1) is 8.13. The standard InChI is InChI=1S/C13H18Br2N2/c1-17(10-3-2-4-10)13(8-16)9-5-6-11(14)12(15)7-9/h5-7,10,13H,2-4,8,16H2,1H3. The van der Waals surface area contributed by atoms with Crippen LogP contribution in [0.15, 0.2) is 27.1 Å². The molecule has 4 heteroatoms. The van der Waals surface area contributed by atoms with Gasteiger partial charge in [-0.15, -0.1) is 0 Å². The Hall–Kier alpha value is 0.1000. The summed E-state index contributed by atoms with van der Waals surface area (Å²) in [6.45, 7) is 0.668. The number of halogens is 2. The van der Waals surface area contributed by atoms with Crippen molar-refractivity contribution < 1.29 is 0 Å². The second-order valence-corrected chi connectivity index (χ2v) is 6.38. The van der Waals surface area contributed by atoms with Crippen LogP contribution in [-0.2, 0) is 0 Å². The van der Waals surface area contributed by atoms with Crippen LogP contribution in [0.2, 0.25) is 0 Å². The molecule has 0 heterocycles. The van der Waals surface area contributed by atoms with E-state index in [1.54, 1.807) is 0 Å². The third-order valence-electron chi connectivity index (χ3n) is 3.69. The first-order valence-electron chi connectivity index (χ1n) is 6.00. The Bertz CT molecular complexity index is 391. The van der Waals surface area contributed by atoms with Gasteiger partial charge in [-0.2, -0.15) is 0 Å². The minimum atomic E-state index is 0.324. The van der Waals surface area contributed by atoms with Gasteiger partial charge in [0.15, 0.2) is 0 Å². The minimum absolute atomic E-state index is 0.324. The molecule has 0 amide bonds. The first kappa shape index (κ1) is 13.5. The van der Waals surface area contributed by atoms with E-state index in [0.717, 1.165) is 8.95 Å². The molecule has 17 heavy (non-hydrogen) atoms. The van der Waals surface area contributed by atoms with Crippen LogP contribution in [-0.4, -0.2) is 24.5 Å². The van der Waals surface area contributed by atoms with E-state index in [1.807, 2.05) is 0 Å². The molecule has 1 saturated carbocycles. The lowest BCUT2D eigenvalue weighted by atomic mass is 9.89. The summed E-state index contributed by atoms with van der Waals surface area (Å²) in [6, 6.07) is 7.44. The van der Waals surface area contributed by atoms with E-state index in [2.05, 4.69) is 62.0 Å². The number of hydrogen-bond donors (Lipinski definition) is 1. The average molecular weight is 362 g/mol. The van der Waals surface area contributed by atoms with E-state index < -0.39 is 0 Å². The summed E-state index contributed by atoms with van der Waals surface area (Å²) in [4.78, 5) is 2.43. The zero-order valence-electron chi connectivity index (χ0n) is 10.00. The van der Waals surface area contributed by atoms with Gasteiger partial charge in [-0.3, -0.25) is 4.90 Å². The summed E-state index contributed by atoms with van der Waals surface area (Å²) in [5.74, 6) is 0. The Labute approximate surface area is 120 Å². The molecule has 0 bridgehead atoms. The van der Waals surface area contributed by atoms with Crippen molar-refractivity contribution >= 4 is 31.9 Å². The molecule has 2 rings (SSSR count). The maximum absolute atomic E-state index is 5.94. The van der Waals surface area contributed by atoms with Gasteiger partial charge >= 0.3 is 0 Å². The Morgan fingerprint density at radius 3 is 2.53 bits per heavy atom. The highest BCUT2D eigenvalue weighted by atomic mass is 79.9. The highest BCUT2D eigenvalue weighted by Crippen LogP contribution is 2.33. The molecule has 2 N–H and O–H groups in total. The molecule has 1 aliphatic rings. The molecule has 0 aliphatic heterocycles. The third-order valence-corrected chi connectivity index (χ3v) is 5.57. The van der Waals surface area contributed by atoms with Gasteiger partial charge in [0.1, 0.15) is 0 Å². The predicted molar refractivity (Wildman–Crippen MR) is 79.0 cm³/mol. The fraction of sp³-hybridized carbons (Fsp3) is 0.538. The lowest BCUT2D eigenvalue weighted by Crippen LogP contribution is -2.42. The van der Waals surface area contributed by atoms with Gasteiger partial charge in [0, 0.05) is 27.6 Å². The van der Waals surface area contributed by atoms with Crippen LogP contribution in [0.25, 0.3) is 0 Å². The van der Waals surface area contributed by atoms with Gasteiger partial charge in [0.05, 0.1) is 0 Å². The van der Waals surface area contributed by atoms with Crippen molar-refractivity contribution in [1.29, 1.82) is 0 Å². The van der Waals surface area contributed by atoms with E-state index in [-0.39, 0.29) is 0 Å². The molecule has 2 nitrogen and oxygen atoms in total. The number of benzene rings is 1. The minimum Gasteiger partial charge on any atom is -0.329 e. The normalized spacial score (nSPS) is 18.2. The van der Waals surface area contributed by atoms with Crippen molar-refractivity contribution in [1.82, 2.24) is 4.90 Å². The van der Waals surface area contributed by atoms with Crippen LogP contribution in [0, 0.1) is 0 Å². The average Bonchev–Trinajstić information content (AvgIpc) is 2.22. The summed E-state index contributed by atoms with van der Waals surface area (Å²) < 4.78 is 2.18. The number of likely N-dealkylation sites (N-methyl/N-ethyl adjacent to an activating group) is 1. The van der Waals surface area contributed by atoms with Crippen LogP contribution in [0.5, 0.6) is 0 Å². The zero-order valence-corrected chi connectivity index (χ0v) is 13.2. The molecule has 1 aromatic rings. The van der Waals surface area contributed by atoms with Gasteiger partial charge in [-0.05, 0) is 69.4 Å². The lowest BCUT2D eigenvalue weighted by Gasteiger charge is -2.40. The zero-order chi connectivity index (χ0) is 12.4. The summed E-state index contributed by atoms with van der Waals surface area (Å²) in [5, 5.41) is 0. The second-order valence-electron chi connectivity index (χ2n) is 4.68. The Kier molecular flexibility index (Phi) is 4.64. The molecule has 1 aliphatic carbocycles. The van der Waals surface area contributed by atoms with Crippen LogP contribution >= 0.6 is 31.9 Å². The van der Waals surface area contributed by atoms with E-state index >= 15 is 0 Å². The van der Waals surface area contributed by atoms with Crippen LogP contribution in [0.4, 0.5) is 0 Å². The fourth-order valence-electron chi connectivity index (χ4n) is 2.31. The summed E-state index contributed by atoms with van der Waals surface area (Å²) in [7, 11) is 2.19. The Balaban J connectivity index is 2.18. The lowest BCUT2D eigenvalue weighted by molar-refractivity contribution is 0.113. The van der Waals surface area contributed by atoms with Crippen molar-refractivity contribution in [2.75, 3.05) is 13.6 Å². The maximum Gasteiger partial charge on any atom is 0.0470 e. The largest absolute Gasteiger partial charge is 0.329 e. The number of nitrogens with two attached hydrogens (primary N) is 1. The van der Waals surface area contributed by atoms with Crippen molar-refractivity contribution in [2.24, 2.45) is 5.73 Å². The third kappa shape index (κ3) is 2.92. The van der Waals surface area contributed by atoms with Gasteiger partial charge in [-0.25, -0.2) is 0 Å². The van der Waals surface area contributed by atoms with Crippen molar-refractivity contribution in [3.63, 3.8) is 0 Å². The molecule has 0 aromatic heterocycles. The highest BCUT2D eigenvalue weighted by molar-refractivity contribution is 9.13. The highest BCUT2D eigenvalue weighted by Gasteiger charge is 2.27. The number of rotatable bonds is 4. The van der Waals surface area contributed by atoms with E-state index in [0.29, 0.717) is 18.6 Å². The Morgan fingerprint density at radius 1 is 1.35 bits per heavy atom. The molecule has 1 aromatic carbocycles. The molecule has 0 saturated heterocycles. The van der Waals surface area contributed by atoms with Gasteiger partial charge in [0.25, 0.3) is 0 Å². The van der Waals surface area contributed by atoms with Gasteiger partial charge in [-0.1, -0.05) is 12.5 Å². The molecule has 1 fully saturated rings. The monoisotopic (exact) mass is 360 g/mol. The molecule has 0 spiro atoms. The summed E-state index contributed by atoms with van der Waals surface area (Å²) in [6.07, 6.45) is 3.98. The second kappa shape index (κ2) is 5.83. The van der Waals surface area contributed by atoms with Crippen LogP contribution < -0.4 is 5.73 Å². The fourth-order valence-corrected chi connectivity index (χ4v) is 2.95. The Morgan fingerprint density at radius 2 is 2.06 bits per heavy atom. The summed E-state index contributed by atoms with van der Waals surface area (Å²) in [5.41, 5.74) is 7.23. The predicted octanol–water partition coefficient (Wildman–Crippen LogP) is 3.70. The quantitative estimate of drug-likeness (QED) is 0.885. The van der Waals surface area contributed by atoms with E-state index in [9.17, 15) is 0 Å². The van der Waals surface area contributed by atoms with E-state index in [4.69, 9.17) is 5.73 Å². The number of nitrogens with zero attached hydrogens (tertiary/aromatic N) is 1. The molecule has 1 atom stereocenters. The van der Waals surface area contributed by atoms with Gasteiger partial charge < -0.3 is 5.73 Å². The SMILES string of the molecule is CN(C1CCC1)C(CN)c1ccc(Br)c(Br)c1. The smallest absolute Gasteiger partial charge is 0.0470 e. The number of hydrogen-bond acceptors (Lipinski definition) is 2. The molecular formula is C13H18Br2N2. The molecule has 94 valence electrons. The van der Waals surface area contributed by atoms with Crippen molar-refractivity contribution in [3.05, 3.63) is 32.7 Å². The molecule has 1 unspecified atom stereocenters. The van der Waals surface area contributed by atoms with Crippen molar-refractivity contribution in [2.45, 2.75) is 31.3 Å². The van der Waals surface area contributed by atoms with Crippen LogP contribution in [0.3, 0.4) is 0 Å². The molecule has 0 radical (unpaired) electrons. The van der Waals surface area contributed by atoms with Crippen molar-refractivity contribution in [3.8, 4) is 0 Å². The van der Waals surface area contributed by atoms with Crippen LogP contribution in [0.1, 0.15) is 30.9 Å². The first-order valence-corrected chi connectivity index (χ1v) is 7.59. The van der Waals surface area contributed by atoms with Gasteiger partial charge in [0.2, 0.25) is 0 Å².